The first-order valence-corrected chi connectivity index (χ1v) is 3.93. The van der Waals surface area contributed by atoms with Crippen LogP contribution in [0, 0.1) is 0 Å². The van der Waals surface area contributed by atoms with Crippen molar-refractivity contribution in [2.75, 3.05) is 40.3 Å². The van der Waals surface area contributed by atoms with Crippen molar-refractivity contribution >= 4 is 0 Å². The van der Waals surface area contributed by atoms with Gasteiger partial charge in [0, 0.05) is 11.5 Å². The monoisotopic (exact) mass is 206 g/mol. The summed E-state index contributed by atoms with van der Waals surface area (Å²) in [4.78, 5) is 2.55. The van der Waals surface area contributed by atoms with Gasteiger partial charge in [-0.1, -0.05) is 5.11 Å². The van der Waals surface area contributed by atoms with Crippen LogP contribution in [0.1, 0.15) is 0 Å². The summed E-state index contributed by atoms with van der Waals surface area (Å²) >= 11 is 0. The molecule has 82 valence electrons. The highest BCUT2D eigenvalue weighted by Gasteiger charge is 1.88. The Morgan fingerprint density at radius 1 is 1.07 bits per heavy atom. The number of nitrogens with two attached hydrogens (primary N) is 1. The number of rotatable bonds is 10. The molecule has 2 N–H and O–H groups in total. The van der Waals surface area contributed by atoms with Crippen LogP contribution < -0.4 is 5.73 Å². The molecule has 0 rings (SSSR count). The molecule has 0 aliphatic heterocycles. The van der Waals surface area contributed by atoms with Gasteiger partial charge in [-0.25, -0.2) is 0 Å². The van der Waals surface area contributed by atoms with Crippen LogP contribution in [0.25, 0.3) is 10.4 Å². The van der Waals surface area contributed by atoms with Gasteiger partial charge in [0.15, 0.2) is 13.6 Å². The van der Waals surface area contributed by atoms with Crippen molar-refractivity contribution in [3.05, 3.63) is 10.4 Å². The number of ether oxygens (including phenoxy) is 4. The first-order chi connectivity index (χ1) is 6.91. The van der Waals surface area contributed by atoms with Crippen LogP contribution in [0.4, 0.5) is 0 Å². The lowest BCUT2D eigenvalue weighted by molar-refractivity contribution is -0.168. The molecule has 0 saturated carbocycles. The molecule has 0 aliphatic carbocycles. The molecule has 8 nitrogen and oxygen atoms in total. The Morgan fingerprint density at radius 3 is 2.36 bits per heavy atom. The summed E-state index contributed by atoms with van der Waals surface area (Å²) in [6, 6.07) is 0. The van der Waals surface area contributed by atoms with Crippen LogP contribution in [-0.4, -0.2) is 40.3 Å². The van der Waals surface area contributed by atoms with E-state index in [4.69, 9.17) is 25.5 Å². The van der Waals surface area contributed by atoms with Crippen LogP contribution in [0.2, 0.25) is 0 Å². The lowest BCUT2D eigenvalue weighted by Crippen LogP contribution is -2.11. The van der Waals surface area contributed by atoms with Gasteiger partial charge in [-0.3, -0.25) is 0 Å². The summed E-state index contributed by atoms with van der Waals surface area (Å²) in [5.41, 5.74) is 12.9. The molecule has 0 fully saturated rings. The zero-order chi connectivity index (χ0) is 10.5. The van der Waals surface area contributed by atoms with E-state index in [1.807, 2.05) is 0 Å². The third-order valence-corrected chi connectivity index (χ3v) is 1.02. The summed E-state index contributed by atoms with van der Waals surface area (Å²) < 4.78 is 19.3. The summed E-state index contributed by atoms with van der Waals surface area (Å²) in [7, 11) is 0. The lowest BCUT2D eigenvalue weighted by Gasteiger charge is -2.05. The molecule has 0 aromatic heterocycles. The van der Waals surface area contributed by atoms with Crippen LogP contribution in [-0.2, 0) is 18.9 Å². The third kappa shape index (κ3) is 11.1. The maximum absolute atomic E-state index is 7.92. The van der Waals surface area contributed by atoms with E-state index in [-0.39, 0.29) is 33.7 Å². The topological polar surface area (TPSA) is 112 Å². The smallest absolute Gasteiger partial charge is 0.152 e. The SMILES string of the molecule is [N-]=[N+]=NCCOCOCOCOCN. The van der Waals surface area contributed by atoms with E-state index in [0.717, 1.165) is 0 Å². The third-order valence-electron chi connectivity index (χ3n) is 1.02. The van der Waals surface area contributed by atoms with E-state index in [1.54, 1.807) is 0 Å². The quantitative estimate of drug-likeness (QED) is 0.180. The van der Waals surface area contributed by atoms with Gasteiger partial charge >= 0.3 is 0 Å². The van der Waals surface area contributed by atoms with E-state index in [9.17, 15) is 0 Å². The fraction of sp³-hybridized carbons (Fsp3) is 1.00. The molecule has 0 aromatic carbocycles. The molecule has 0 unspecified atom stereocenters. The molecular formula is C6H14N4O4. The molecule has 0 aliphatic rings. The van der Waals surface area contributed by atoms with Gasteiger partial charge in [0.05, 0.1) is 13.3 Å². The number of nitrogens with zero attached hydrogens (tertiary/aromatic N) is 3. The van der Waals surface area contributed by atoms with Crippen molar-refractivity contribution in [3.63, 3.8) is 0 Å². The van der Waals surface area contributed by atoms with Crippen LogP contribution >= 0.6 is 0 Å². The van der Waals surface area contributed by atoms with Crippen molar-refractivity contribution in [3.8, 4) is 0 Å². The van der Waals surface area contributed by atoms with Gasteiger partial charge in [0.1, 0.15) is 6.79 Å². The molecule has 0 aromatic rings. The Labute approximate surface area is 81.5 Å². The normalized spacial score (nSPS) is 9.79. The molecule has 0 radical (unpaired) electrons. The van der Waals surface area contributed by atoms with Gasteiger partial charge in [0.25, 0.3) is 0 Å². The fourth-order valence-corrected chi connectivity index (χ4v) is 0.502. The molecule has 0 amide bonds. The van der Waals surface area contributed by atoms with E-state index in [2.05, 4.69) is 14.8 Å². The molecule has 0 atom stereocenters. The maximum atomic E-state index is 7.92. The highest BCUT2D eigenvalue weighted by atomic mass is 16.8. The molecule has 14 heavy (non-hydrogen) atoms. The Balaban J connectivity index is 2.88. The average Bonchev–Trinajstić information content (AvgIpc) is 2.21. The molecule has 0 spiro atoms. The standard InChI is InChI=1S/C6H14N4O4/c7-3-12-5-14-6-13-4-11-2-1-9-10-8/h1-7H2. The first-order valence-electron chi connectivity index (χ1n) is 3.93. The minimum atomic E-state index is 0.0710. The van der Waals surface area contributed by atoms with Gasteiger partial charge in [0.2, 0.25) is 0 Å². The fourth-order valence-electron chi connectivity index (χ4n) is 0.502. The van der Waals surface area contributed by atoms with E-state index < -0.39 is 0 Å². The van der Waals surface area contributed by atoms with Crippen molar-refractivity contribution in [2.45, 2.75) is 0 Å². The second-order valence-corrected chi connectivity index (χ2v) is 2.00. The molecule has 0 bridgehead atoms. The maximum Gasteiger partial charge on any atom is 0.152 e. The van der Waals surface area contributed by atoms with E-state index in [1.165, 1.54) is 0 Å². The largest absolute Gasteiger partial charge is 0.355 e. The minimum Gasteiger partial charge on any atom is -0.355 e. The summed E-state index contributed by atoms with van der Waals surface area (Å²) in [6.45, 7) is 0.976. The van der Waals surface area contributed by atoms with Crippen LogP contribution in [0.5, 0.6) is 0 Å². The second kappa shape index (κ2) is 12.1. The van der Waals surface area contributed by atoms with E-state index in [0.29, 0.717) is 6.61 Å². The van der Waals surface area contributed by atoms with Crippen molar-refractivity contribution in [1.29, 1.82) is 0 Å². The second-order valence-electron chi connectivity index (χ2n) is 2.00. The Hall–Kier alpha value is -0.890. The van der Waals surface area contributed by atoms with Crippen LogP contribution in [0.3, 0.4) is 0 Å². The molecular weight excluding hydrogens is 192 g/mol. The number of azide groups is 1. The number of hydrogen-bond donors (Lipinski definition) is 1. The predicted octanol–water partition coefficient (Wildman–Crippen LogP) is 0.152. The Morgan fingerprint density at radius 2 is 1.71 bits per heavy atom. The highest BCUT2D eigenvalue weighted by molar-refractivity contribution is 4.42. The molecule has 8 heteroatoms. The average molecular weight is 206 g/mol. The summed E-state index contributed by atoms with van der Waals surface area (Å²) in [5, 5.41) is 3.26. The van der Waals surface area contributed by atoms with Gasteiger partial charge < -0.3 is 24.7 Å². The van der Waals surface area contributed by atoms with Crippen molar-refractivity contribution in [1.82, 2.24) is 0 Å². The zero-order valence-corrected chi connectivity index (χ0v) is 7.79. The predicted molar refractivity (Wildman–Crippen MR) is 46.9 cm³/mol. The van der Waals surface area contributed by atoms with Gasteiger partial charge in [-0.15, -0.1) is 0 Å². The molecule has 0 saturated heterocycles. The van der Waals surface area contributed by atoms with E-state index >= 15 is 0 Å². The number of hydrogen-bond acceptors (Lipinski definition) is 6. The Kier molecular flexibility index (Phi) is 11.3. The highest BCUT2D eigenvalue weighted by Crippen LogP contribution is 1.82. The lowest BCUT2D eigenvalue weighted by atomic mass is 10.7. The molecule has 0 heterocycles. The summed E-state index contributed by atoms with van der Waals surface area (Å²) in [5.74, 6) is 0. The zero-order valence-electron chi connectivity index (χ0n) is 7.79. The minimum absolute atomic E-state index is 0.0710. The first kappa shape index (κ1) is 13.1. The van der Waals surface area contributed by atoms with Gasteiger partial charge in [-0.05, 0) is 5.53 Å². The van der Waals surface area contributed by atoms with Crippen molar-refractivity contribution in [2.24, 2.45) is 10.8 Å². The Bertz CT molecular complexity index is 162. The van der Waals surface area contributed by atoms with Crippen molar-refractivity contribution < 1.29 is 18.9 Å². The summed E-state index contributed by atoms with van der Waals surface area (Å²) in [6.07, 6.45) is 0. The van der Waals surface area contributed by atoms with Crippen LogP contribution in [0.15, 0.2) is 5.11 Å². The van der Waals surface area contributed by atoms with Gasteiger partial charge in [-0.2, -0.15) is 0 Å².